The second kappa shape index (κ2) is 9.83. The number of fused-ring (bicyclic) bond motifs is 1. The Labute approximate surface area is 211 Å². The van der Waals surface area contributed by atoms with Crippen LogP contribution in [0, 0.1) is 0 Å². The summed E-state index contributed by atoms with van der Waals surface area (Å²) < 4.78 is 67.1. The van der Waals surface area contributed by atoms with Crippen LogP contribution in [0.4, 0.5) is 24.5 Å². The molecule has 4 aromatic carbocycles. The average Bonchev–Trinajstić information content (AvgIpc) is 2.84. The van der Waals surface area contributed by atoms with Crippen molar-refractivity contribution in [3.63, 3.8) is 0 Å². The molecule has 4 rings (SSSR count). The van der Waals surface area contributed by atoms with Crippen LogP contribution in [0.15, 0.2) is 89.8 Å². The van der Waals surface area contributed by atoms with Gasteiger partial charge in [-0.15, -0.1) is 0 Å². The second-order valence-corrected chi connectivity index (χ2v) is 9.96. The van der Waals surface area contributed by atoms with E-state index in [1.165, 1.54) is 23.1 Å². The zero-order valence-electron chi connectivity index (χ0n) is 18.9. The predicted octanol–water partition coefficient (Wildman–Crippen LogP) is 6.98. The van der Waals surface area contributed by atoms with E-state index < -0.39 is 27.7 Å². The van der Waals surface area contributed by atoms with Gasteiger partial charge in [0, 0.05) is 17.6 Å². The Morgan fingerprint density at radius 3 is 2.36 bits per heavy atom. The van der Waals surface area contributed by atoms with E-state index in [1.807, 2.05) is 36.4 Å². The highest BCUT2D eigenvalue weighted by Crippen LogP contribution is 2.32. The number of nitrogens with one attached hydrogen (secondary N) is 1. The predicted molar refractivity (Wildman–Crippen MR) is 135 cm³/mol. The van der Waals surface area contributed by atoms with E-state index in [1.54, 1.807) is 13.0 Å². The van der Waals surface area contributed by atoms with Gasteiger partial charge in [-0.3, -0.25) is 9.52 Å². The fraction of sp³-hybridized carbons (Fsp3) is 0.115. The average molecular weight is 533 g/mol. The van der Waals surface area contributed by atoms with Crippen molar-refractivity contribution in [1.29, 1.82) is 0 Å². The molecule has 0 bridgehead atoms. The van der Waals surface area contributed by atoms with E-state index in [4.69, 9.17) is 11.6 Å². The first-order chi connectivity index (χ1) is 17.0. The highest BCUT2D eigenvalue weighted by molar-refractivity contribution is 7.92. The molecule has 1 N–H and O–H groups in total. The summed E-state index contributed by atoms with van der Waals surface area (Å²) in [4.78, 5) is 14.7. The van der Waals surface area contributed by atoms with Crippen LogP contribution in [-0.2, 0) is 16.2 Å². The van der Waals surface area contributed by atoms with Crippen LogP contribution in [-0.4, -0.2) is 20.9 Å². The van der Waals surface area contributed by atoms with E-state index in [0.717, 1.165) is 29.0 Å². The molecule has 186 valence electrons. The molecule has 5 nitrogen and oxygen atoms in total. The molecule has 0 spiro atoms. The summed E-state index contributed by atoms with van der Waals surface area (Å²) in [6, 6.07) is 20.4. The molecular formula is C26H20ClF3N2O3S. The standard InChI is InChI=1S/C26H20ClF3N2O3S/c1-2-32(24-12-5-8-17-7-3-4-11-21(17)24)25(33)22-16-20(13-14-23(22)27)36(34,35)31-19-10-6-9-18(15-19)26(28,29)30/h3-16,31H,2H2,1H3. The molecule has 0 aromatic heterocycles. The van der Waals surface area contributed by atoms with Gasteiger partial charge in [-0.1, -0.05) is 54.1 Å². The minimum absolute atomic E-state index is 0.0386. The SMILES string of the molecule is CCN(C(=O)c1cc(S(=O)(=O)Nc2cccc(C(F)(F)F)c2)ccc1Cl)c1cccc2ccccc12. The molecular weight excluding hydrogens is 513 g/mol. The van der Waals surface area contributed by atoms with Crippen molar-refractivity contribution in [1.82, 2.24) is 0 Å². The van der Waals surface area contributed by atoms with Crippen molar-refractivity contribution in [3.05, 3.63) is 101 Å². The van der Waals surface area contributed by atoms with Crippen LogP contribution in [0.5, 0.6) is 0 Å². The van der Waals surface area contributed by atoms with Crippen molar-refractivity contribution in [2.24, 2.45) is 0 Å². The van der Waals surface area contributed by atoms with E-state index in [-0.39, 0.29) is 27.7 Å². The fourth-order valence-electron chi connectivity index (χ4n) is 3.82. The van der Waals surface area contributed by atoms with Gasteiger partial charge in [-0.25, -0.2) is 8.42 Å². The molecule has 0 radical (unpaired) electrons. The van der Waals surface area contributed by atoms with Crippen molar-refractivity contribution in [3.8, 4) is 0 Å². The number of hydrogen-bond donors (Lipinski definition) is 1. The van der Waals surface area contributed by atoms with Crippen molar-refractivity contribution in [2.45, 2.75) is 18.0 Å². The second-order valence-electron chi connectivity index (χ2n) is 7.87. The number of sulfonamides is 1. The maximum Gasteiger partial charge on any atom is 0.416 e. The lowest BCUT2D eigenvalue weighted by molar-refractivity contribution is -0.137. The molecule has 1 amide bonds. The number of nitrogens with zero attached hydrogens (tertiary/aromatic N) is 1. The molecule has 0 aliphatic rings. The molecule has 0 fully saturated rings. The highest BCUT2D eigenvalue weighted by atomic mass is 35.5. The third-order valence-electron chi connectivity index (χ3n) is 5.54. The number of carbonyl (C=O) groups is 1. The first-order valence-electron chi connectivity index (χ1n) is 10.8. The zero-order valence-corrected chi connectivity index (χ0v) is 20.5. The van der Waals surface area contributed by atoms with E-state index in [2.05, 4.69) is 4.72 Å². The Morgan fingerprint density at radius 1 is 0.944 bits per heavy atom. The summed E-state index contributed by atoms with van der Waals surface area (Å²) >= 11 is 6.29. The van der Waals surface area contributed by atoms with Gasteiger partial charge in [-0.05, 0) is 54.8 Å². The van der Waals surface area contributed by atoms with E-state index >= 15 is 0 Å². The van der Waals surface area contributed by atoms with Crippen LogP contribution >= 0.6 is 11.6 Å². The number of anilines is 2. The fourth-order valence-corrected chi connectivity index (χ4v) is 5.09. The molecule has 10 heteroatoms. The topological polar surface area (TPSA) is 66.5 Å². The maximum atomic E-state index is 13.5. The molecule has 4 aromatic rings. The van der Waals surface area contributed by atoms with Gasteiger partial charge in [0.1, 0.15) is 0 Å². The summed E-state index contributed by atoms with van der Waals surface area (Å²) in [6.07, 6.45) is -4.63. The molecule has 0 saturated heterocycles. The number of hydrogen-bond acceptors (Lipinski definition) is 3. The molecule has 0 unspecified atom stereocenters. The van der Waals surface area contributed by atoms with E-state index in [0.29, 0.717) is 11.8 Å². The number of rotatable bonds is 6. The highest BCUT2D eigenvalue weighted by Gasteiger charge is 2.31. The van der Waals surface area contributed by atoms with Gasteiger partial charge < -0.3 is 4.90 Å². The smallest absolute Gasteiger partial charge is 0.308 e. The quantitative estimate of drug-likeness (QED) is 0.291. The number of alkyl halides is 3. The Bertz CT molecular complexity index is 1550. The minimum atomic E-state index is -4.63. The summed E-state index contributed by atoms with van der Waals surface area (Å²) in [7, 11) is -4.33. The van der Waals surface area contributed by atoms with Gasteiger partial charge in [0.05, 0.1) is 26.7 Å². The molecule has 0 aliphatic carbocycles. The first-order valence-corrected chi connectivity index (χ1v) is 12.7. The van der Waals surface area contributed by atoms with Crippen LogP contribution < -0.4 is 9.62 Å². The summed E-state index contributed by atoms with van der Waals surface area (Å²) in [5.74, 6) is -0.519. The van der Waals surface area contributed by atoms with Gasteiger partial charge in [0.2, 0.25) is 0 Å². The molecule has 0 aliphatic heterocycles. The number of benzene rings is 4. The minimum Gasteiger partial charge on any atom is -0.308 e. The van der Waals surface area contributed by atoms with E-state index in [9.17, 15) is 26.4 Å². The number of carbonyl (C=O) groups excluding carboxylic acids is 1. The van der Waals surface area contributed by atoms with Crippen LogP contribution in [0.2, 0.25) is 5.02 Å². The summed E-state index contributed by atoms with van der Waals surface area (Å²) in [5.41, 5.74) is -0.688. The largest absolute Gasteiger partial charge is 0.416 e. The Morgan fingerprint density at radius 2 is 1.64 bits per heavy atom. The van der Waals surface area contributed by atoms with Crippen molar-refractivity contribution >= 4 is 49.7 Å². The lowest BCUT2D eigenvalue weighted by Gasteiger charge is -2.23. The molecule has 0 atom stereocenters. The van der Waals surface area contributed by atoms with Crippen LogP contribution in [0.3, 0.4) is 0 Å². The Balaban J connectivity index is 1.70. The van der Waals surface area contributed by atoms with Gasteiger partial charge in [-0.2, -0.15) is 13.2 Å². The number of amides is 1. The molecule has 0 heterocycles. The Kier molecular flexibility index (Phi) is 6.97. The third kappa shape index (κ3) is 5.17. The van der Waals surface area contributed by atoms with Crippen LogP contribution in [0.1, 0.15) is 22.8 Å². The van der Waals surface area contributed by atoms with Crippen molar-refractivity contribution in [2.75, 3.05) is 16.2 Å². The first kappa shape index (κ1) is 25.5. The Hall–Kier alpha value is -3.56. The molecule has 0 saturated carbocycles. The third-order valence-corrected chi connectivity index (χ3v) is 7.25. The maximum absolute atomic E-state index is 13.5. The normalized spacial score (nSPS) is 11.9. The monoisotopic (exact) mass is 532 g/mol. The lowest BCUT2D eigenvalue weighted by atomic mass is 10.1. The summed E-state index contributed by atoms with van der Waals surface area (Å²) in [6.45, 7) is 2.06. The number of halogens is 4. The summed E-state index contributed by atoms with van der Waals surface area (Å²) in [5, 5.41) is 1.80. The zero-order chi connectivity index (χ0) is 26.1. The van der Waals surface area contributed by atoms with Crippen LogP contribution in [0.25, 0.3) is 10.8 Å². The van der Waals surface area contributed by atoms with Gasteiger partial charge in [0.15, 0.2) is 0 Å². The lowest BCUT2D eigenvalue weighted by Crippen LogP contribution is -2.31. The van der Waals surface area contributed by atoms with Gasteiger partial charge in [0.25, 0.3) is 15.9 Å². The molecule has 36 heavy (non-hydrogen) atoms. The van der Waals surface area contributed by atoms with Crippen molar-refractivity contribution < 1.29 is 26.4 Å². The van der Waals surface area contributed by atoms with Gasteiger partial charge >= 0.3 is 6.18 Å².